The minimum Gasteiger partial charge on any atom is -0.303 e. The van der Waals surface area contributed by atoms with Gasteiger partial charge in [-0.25, -0.2) is 4.57 Å². The molecule has 4 nitrogen and oxygen atoms in total. The molecule has 21 heavy (non-hydrogen) atoms. The minimum atomic E-state index is -4.64. The fourth-order valence-corrected chi connectivity index (χ4v) is 1.18. The summed E-state index contributed by atoms with van der Waals surface area (Å²) in [7, 11) is -4.64. The molecule has 0 fully saturated rings. The van der Waals surface area contributed by atoms with Crippen molar-refractivity contribution in [3.63, 3.8) is 0 Å². The van der Waals surface area contributed by atoms with Crippen LogP contribution in [-0.2, 0) is 4.57 Å². The average Bonchev–Trinajstić information content (AvgIpc) is 2.40. The average molecular weight is 318 g/mol. The molecule has 0 radical (unpaired) electrons. The summed E-state index contributed by atoms with van der Waals surface area (Å²) >= 11 is 0. The maximum atomic E-state index is 8.88. The monoisotopic (exact) mass is 318 g/mol. The summed E-state index contributed by atoms with van der Waals surface area (Å²) in [5.41, 5.74) is 1.41. The molecule has 0 saturated carbocycles. The molecule has 0 spiro atoms. The summed E-state index contributed by atoms with van der Waals surface area (Å²) in [5, 5.41) is 0. The standard InChI is InChI=1S/C9H12.C6H5.Na.H3O4P/c1-8(2)9-6-4-3-5-7-9;1-2-4-6-5-3-1;;1-5(2,3)4/h3-8H,1-2H3;1-5H;;(H3,1,2,3,4)/q;-1;+1;. The van der Waals surface area contributed by atoms with Crippen LogP contribution in [0.5, 0.6) is 0 Å². The number of hydrogen-bond donors (Lipinski definition) is 3. The van der Waals surface area contributed by atoms with Gasteiger partial charge in [0.2, 0.25) is 0 Å². The zero-order valence-corrected chi connectivity index (χ0v) is 15.4. The molecule has 0 atom stereocenters. The van der Waals surface area contributed by atoms with E-state index in [9.17, 15) is 0 Å². The van der Waals surface area contributed by atoms with Crippen molar-refractivity contribution in [3.05, 3.63) is 72.3 Å². The summed E-state index contributed by atoms with van der Waals surface area (Å²) in [6.45, 7) is 4.41. The van der Waals surface area contributed by atoms with Gasteiger partial charge >= 0.3 is 37.4 Å². The zero-order chi connectivity index (χ0) is 15.4. The van der Waals surface area contributed by atoms with Gasteiger partial charge in [0.25, 0.3) is 0 Å². The van der Waals surface area contributed by atoms with Crippen molar-refractivity contribution in [2.75, 3.05) is 0 Å². The Morgan fingerprint density at radius 2 is 1.29 bits per heavy atom. The molecule has 0 aromatic heterocycles. The Morgan fingerprint density at radius 1 is 0.905 bits per heavy atom. The van der Waals surface area contributed by atoms with Crippen molar-refractivity contribution in [3.8, 4) is 0 Å². The third-order valence-electron chi connectivity index (χ3n) is 2.07. The van der Waals surface area contributed by atoms with Crippen molar-refractivity contribution in [1.82, 2.24) is 0 Å². The van der Waals surface area contributed by atoms with E-state index in [-0.39, 0.29) is 29.6 Å². The van der Waals surface area contributed by atoms with Gasteiger partial charge in [-0.1, -0.05) is 44.2 Å². The second-order valence-electron chi connectivity index (χ2n) is 4.16. The van der Waals surface area contributed by atoms with E-state index < -0.39 is 7.82 Å². The van der Waals surface area contributed by atoms with Gasteiger partial charge in [-0.3, -0.25) is 0 Å². The second-order valence-corrected chi connectivity index (χ2v) is 5.18. The molecule has 0 aliphatic rings. The van der Waals surface area contributed by atoms with Crippen LogP contribution in [-0.4, -0.2) is 14.7 Å². The molecule has 2 aromatic rings. The third kappa shape index (κ3) is 19.6. The molecule has 0 saturated heterocycles. The van der Waals surface area contributed by atoms with E-state index in [0.29, 0.717) is 5.92 Å². The Morgan fingerprint density at radius 3 is 1.48 bits per heavy atom. The predicted molar refractivity (Wildman–Crippen MR) is 80.1 cm³/mol. The van der Waals surface area contributed by atoms with Crippen molar-refractivity contribution < 1.29 is 48.8 Å². The molecule has 0 unspecified atom stereocenters. The van der Waals surface area contributed by atoms with Gasteiger partial charge in [-0.15, -0.1) is 0 Å². The van der Waals surface area contributed by atoms with Gasteiger partial charge in [0.05, 0.1) is 0 Å². The number of phosphoric acid groups is 1. The van der Waals surface area contributed by atoms with Crippen molar-refractivity contribution in [1.29, 1.82) is 0 Å². The Balaban J connectivity index is 0. The van der Waals surface area contributed by atoms with Crippen LogP contribution in [0, 0.1) is 6.07 Å². The van der Waals surface area contributed by atoms with E-state index in [4.69, 9.17) is 19.2 Å². The van der Waals surface area contributed by atoms with Crippen LogP contribution in [0.25, 0.3) is 0 Å². The molecule has 2 aromatic carbocycles. The Hall–Kier alpha value is -0.450. The van der Waals surface area contributed by atoms with Crippen LogP contribution < -0.4 is 29.6 Å². The quantitative estimate of drug-likeness (QED) is 0.403. The van der Waals surface area contributed by atoms with Crippen LogP contribution in [0.15, 0.2) is 60.7 Å². The first-order valence-corrected chi connectivity index (χ1v) is 7.61. The van der Waals surface area contributed by atoms with Crippen LogP contribution in [0.1, 0.15) is 25.3 Å². The summed E-state index contributed by atoms with van der Waals surface area (Å²) in [4.78, 5) is 21.6. The normalized spacial score (nSPS) is 9.43. The summed E-state index contributed by atoms with van der Waals surface area (Å²) < 4.78 is 8.88. The predicted octanol–water partition coefficient (Wildman–Crippen LogP) is 0.372. The minimum absolute atomic E-state index is 0. The van der Waals surface area contributed by atoms with Crippen molar-refractivity contribution in [2.24, 2.45) is 0 Å². The first kappa shape index (κ1) is 22.8. The molecule has 0 aliphatic heterocycles. The summed E-state index contributed by atoms with van der Waals surface area (Å²) in [6, 6.07) is 23.0. The van der Waals surface area contributed by atoms with Crippen LogP contribution in [0.4, 0.5) is 0 Å². The van der Waals surface area contributed by atoms with Crippen molar-refractivity contribution in [2.45, 2.75) is 19.8 Å². The van der Waals surface area contributed by atoms with Gasteiger partial charge in [0.1, 0.15) is 0 Å². The molecule has 0 heterocycles. The van der Waals surface area contributed by atoms with Crippen LogP contribution >= 0.6 is 7.82 Å². The van der Waals surface area contributed by atoms with Gasteiger partial charge in [-0.2, -0.15) is 36.4 Å². The van der Waals surface area contributed by atoms with E-state index in [1.807, 2.05) is 36.4 Å². The number of hydrogen-bond acceptors (Lipinski definition) is 1. The molecular weight excluding hydrogens is 298 g/mol. The van der Waals surface area contributed by atoms with Gasteiger partial charge in [-0.05, 0) is 11.5 Å². The smallest absolute Gasteiger partial charge is 0.303 e. The van der Waals surface area contributed by atoms with E-state index in [2.05, 4.69) is 44.2 Å². The van der Waals surface area contributed by atoms with E-state index in [1.54, 1.807) is 0 Å². The molecular formula is C15H20NaO4P. The van der Waals surface area contributed by atoms with Crippen LogP contribution in [0.2, 0.25) is 0 Å². The van der Waals surface area contributed by atoms with E-state index in [1.165, 1.54) is 5.56 Å². The molecule has 2 rings (SSSR count). The largest absolute Gasteiger partial charge is 1.00 e. The first-order valence-electron chi connectivity index (χ1n) is 6.05. The summed E-state index contributed by atoms with van der Waals surface area (Å²) in [6.07, 6.45) is 0. The van der Waals surface area contributed by atoms with Gasteiger partial charge < -0.3 is 14.7 Å². The number of rotatable bonds is 1. The van der Waals surface area contributed by atoms with E-state index >= 15 is 0 Å². The Kier molecular flexibility index (Phi) is 14.4. The van der Waals surface area contributed by atoms with Gasteiger partial charge in [0.15, 0.2) is 0 Å². The Bertz CT molecular complexity index is 451. The maximum Gasteiger partial charge on any atom is 1.00 e. The van der Waals surface area contributed by atoms with Gasteiger partial charge in [0, 0.05) is 0 Å². The topological polar surface area (TPSA) is 77.8 Å². The second kappa shape index (κ2) is 13.2. The first-order chi connectivity index (χ1) is 9.30. The molecule has 0 amide bonds. The van der Waals surface area contributed by atoms with E-state index in [0.717, 1.165) is 0 Å². The van der Waals surface area contributed by atoms with Crippen molar-refractivity contribution >= 4 is 7.82 Å². The summed E-state index contributed by atoms with van der Waals surface area (Å²) in [5.74, 6) is 0.659. The fourth-order valence-electron chi connectivity index (χ4n) is 1.18. The molecule has 0 aliphatic carbocycles. The fraction of sp³-hybridized carbons (Fsp3) is 0.200. The Labute approximate surface area is 148 Å². The zero-order valence-electron chi connectivity index (χ0n) is 12.5. The maximum absolute atomic E-state index is 8.88. The van der Waals surface area contributed by atoms with Crippen LogP contribution in [0.3, 0.4) is 0 Å². The number of benzene rings is 2. The molecule has 3 N–H and O–H groups in total. The third-order valence-corrected chi connectivity index (χ3v) is 2.07. The molecule has 0 bridgehead atoms. The SMILES string of the molecule is CC(C)c1ccccc1.O=P(O)(O)O.[Na+].[c-]1ccccc1. The molecule has 6 heteroatoms. The molecule has 110 valence electrons.